The van der Waals surface area contributed by atoms with Crippen molar-refractivity contribution in [2.75, 3.05) is 26.7 Å². The minimum Gasteiger partial charge on any atom is -0.472 e. The van der Waals surface area contributed by atoms with E-state index < -0.39 is 6.10 Å². The van der Waals surface area contributed by atoms with E-state index in [-0.39, 0.29) is 36.3 Å². The van der Waals surface area contributed by atoms with Gasteiger partial charge in [0, 0.05) is 36.8 Å². The number of aliphatic hydroxyl groups excluding tert-OH is 1. The summed E-state index contributed by atoms with van der Waals surface area (Å²) < 4.78 is 6.33. The van der Waals surface area contributed by atoms with Crippen LogP contribution in [-0.4, -0.2) is 70.6 Å². The number of hydrogen-bond acceptors (Lipinski definition) is 5. The monoisotopic (exact) mass is 487 g/mol. The molecule has 7 nitrogen and oxygen atoms in total. The molecule has 0 bridgehead atoms. The molecule has 1 N–H and O–H groups in total. The third-order valence-electron chi connectivity index (χ3n) is 6.73. The van der Waals surface area contributed by atoms with Crippen LogP contribution in [0.15, 0.2) is 66.9 Å². The van der Waals surface area contributed by atoms with Crippen LogP contribution < -0.4 is 4.74 Å². The van der Waals surface area contributed by atoms with Crippen molar-refractivity contribution in [2.45, 2.75) is 32.9 Å². The Balaban J connectivity index is 1.68. The van der Waals surface area contributed by atoms with Gasteiger partial charge in [-0.15, -0.1) is 0 Å². The molecule has 2 aromatic carbocycles. The Morgan fingerprint density at radius 3 is 2.53 bits per heavy atom. The van der Waals surface area contributed by atoms with Crippen LogP contribution in [0, 0.1) is 12.8 Å². The SMILES string of the molecule is Cc1ccc(-c2cnc3c(c2)C(=O)N([C@@H](C)CO)C[C@H](C)[C@@H](CN(C)C(=O)c2ccccc2)O3)cc1. The third kappa shape index (κ3) is 5.41. The molecule has 2 amide bonds. The second kappa shape index (κ2) is 10.9. The van der Waals surface area contributed by atoms with Gasteiger partial charge in [0.25, 0.3) is 11.8 Å². The number of fused-ring (bicyclic) bond motifs is 1. The molecule has 4 rings (SSSR count). The molecule has 36 heavy (non-hydrogen) atoms. The normalized spacial score (nSPS) is 18.5. The molecule has 0 spiro atoms. The molecule has 0 aliphatic carbocycles. The number of carbonyl (C=O) groups excluding carboxylic acids is 2. The van der Waals surface area contributed by atoms with Crippen molar-refractivity contribution in [3.05, 3.63) is 83.6 Å². The Kier molecular flexibility index (Phi) is 7.70. The molecule has 2 heterocycles. The van der Waals surface area contributed by atoms with Gasteiger partial charge in [-0.2, -0.15) is 0 Å². The summed E-state index contributed by atoms with van der Waals surface area (Å²) in [6.07, 6.45) is 1.30. The van der Waals surface area contributed by atoms with Gasteiger partial charge in [0.2, 0.25) is 5.88 Å². The molecule has 7 heteroatoms. The molecular weight excluding hydrogens is 454 g/mol. The van der Waals surface area contributed by atoms with E-state index in [1.54, 1.807) is 41.2 Å². The van der Waals surface area contributed by atoms with Gasteiger partial charge < -0.3 is 19.6 Å². The lowest BCUT2D eigenvalue weighted by Crippen LogP contribution is -2.50. The molecular formula is C29H33N3O4. The highest BCUT2D eigenvalue weighted by Crippen LogP contribution is 2.30. The van der Waals surface area contributed by atoms with Gasteiger partial charge in [-0.1, -0.05) is 55.0 Å². The summed E-state index contributed by atoms with van der Waals surface area (Å²) in [5, 5.41) is 9.88. The van der Waals surface area contributed by atoms with Crippen LogP contribution in [0.1, 0.15) is 40.1 Å². The van der Waals surface area contributed by atoms with Gasteiger partial charge in [-0.3, -0.25) is 9.59 Å². The van der Waals surface area contributed by atoms with Crippen molar-refractivity contribution < 1.29 is 19.4 Å². The maximum absolute atomic E-state index is 13.6. The average Bonchev–Trinajstić information content (AvgIpc) is 2.90. The van der Waals surface area contributed by atoms with Crippen LogP contribution >= 0.6 is 0 Å². The number of carbonyl (C=O) groups is 2. The lowest BCUT2D eigenvalue weighted by atomic mass is 9.98. The summed E-state index contributed by atoms with van der Waals surface area (Å²) in [6, 6.07) is 18.6. The van der Waals surface area contributed by atoms with Crippen molar-refractivity contribution in [3.8, 4) is 17.0 Å². The zero-order valence-electron chi connectivity index (χ0n) is 21.2. The first kappa shape index (κ1) is 25.4. The summed E-state index contributed by atoms with van der Waals surface area (Å²) >= 11 is 0. The topological polar surface area (TPSA) is 83.0 Å². The van der Waals surface area contributed by atoms with Crippen LogP contribution in [0.3, 0.4) is 0 Å². The highest BCUT2D eigenvalue weighted by Gasteiger charge is 2.34. The minimum atomic E-state index is -0.402. The van der Waals surface area contributed by atoms with E-state index >= 15 is 0 Å². The van der Waals surface area contributed by atoms with E-state index in [0.717, 1.165) is 16.7 Å². The van der Waals surface area contributed by atoms with Crippen molar-refractivity contribution >= 4 is 11.8 Å². The lowest BCUT2D eigenvalue weighted by Gasteiger charge is -2.37. The number of aliphatic hydroxyl groups is 1. The lowest BCUT2D eigenvalue weighted by molar-refractivity contribution is 0.0313. The molecule has 0 unspecified atom stereocenters. The highest BCUT2D eigenvalue weighted by molar-refractivity contribution is 5.98. The first-order chi connectivity index (χ1) is 17.3. The number of likely N-dealkylation sites (N-methyl/N-ethyl adjacent to an activating group) is 1. The molecule has 0 saturated carbocycles. The van der Waals surface area contributed by atoms with Gasteiger partial charge in [-0.25, -0.2) is 4.98 Å². The fourth-order valence-electron chi connectivity index (χ4n) is 4.38. The zero-order chi connectivity index (χ0) is 25.8. The number of ether oxygens (including phenoxy) is 1. The van der Waals surface area contributed by atoms with E-state index in [4.69, 9.17) is 4.74 Å². The first-order valence-electron chi connectivity index (χ1n) is 12.2. The number of amides is 2. The third-order valence-corrected chi connectivity index (χ3v) is 6.73. The molecule has 1 aromatic heterocycles. The standard InChI is InChI=1S/C29H33N3O4/c1-19-10-12-22(13-11-19)24-14-25-27(30-15-24)36-26(20(2)16-32(29(25)35)21(3)18-33)17-31(4)28(34)23-8-6-5-7-9-23/h5-15,20-21,26,33H,16-18H2,1-4H3/t20-,21-,26+/m0/s1. The Morgan fingerprint density at radius 1 is 1.17 bits per heavy atom. The fraction of sp³-hybridized carbons (Fsp3) is 0.345. The van der Waals surface area contributed by atoms with E-state index in [2.05, 4.69) is 4.98 Å². The second-order valence-corrected chi connectivity index (χ2v) is 9.62. The maximum atomic E-state index is 13.6. The van der Waals surface area contributed by atoms with Gasteiger partial charge in [-0.05, 0) is 37.6 Å². The molecule has 1 aliphatic heterocycles. The Bertz CT molecular complexity index is 1210. The Hall–Kier alpha value is -3.71. The fourth-order valence-corrected chi connectivity index (χ4v) is 4.38. The van der Waals surface area contributed by atoms with Gasteiger partial charge >= 0.3 is 0 Å². The van der Waals surface area contributed by atoms with Crippen molar-refractivity contribution in [2.24, 2.45) is 5.92 Å². The van der Waals surface area contributed by atoms with Crippen LogP contribution in [-0.2, 0) is 0 Å². The van der Waals surface area contributed by atoms with E-state index in [1.165, 1.54) is 0 Å². The van der Waals surface area contributed by atoms with Gasteiger partial charge in [0.15, 0.2) is 0 Å². The number of aromatic nitrogens is 1. The first-order valence-corrected chi connectivity index (χ1v) is 12.2. The number of pyridine rings is 1. The highest BCUT2D eigenvalue weighted by atomic mass is 16.5. The number of benzene rings is 2. The number of aryl methyl sites for hydroxylation is 1. The maximum Gasteiger partial charge on any atom is 0.259 e. The molecule has 3 atom stereocenters. The zero-order valence-corrected chi connectivity index (χ0v) is 21.2. The Morgan fingerprint density at radius 2 is 1.86 bits per heavy atom. The second-order valence-electron chi connectivity index (χ2n) is 9.62. The predicted molar refractivity (Wildman–Crippen MR) is 139 cm³/mol. The smallest absolute Gasteiger partial charge is 0.259 e. The molecule has 188 valence electrons. The van der Waals surface area contributed by atoms with Crippen molar-refractivity contribution in [3.63, 3.8) is 0 Å². The summed E-state index contributed by atoms with van der Waals surface area (Å²) in [6.45, 7) is 6.38. The number of hydrogen-bond donors (Lipinski definition) is 1. The number of rotatable bonds is 6. The minimum absolute atomic E-state index is 0.104. The van der Waals surface area contributed by atoms with E-state index in [9.17, 15) is 14.7 Å². The quantitative estimate of drug-likeness (QED) is 0.567. The Labute approximate surface area is 212 Å². The molecule has 0 saturated heterocycles. The largest absolute Gasteiger partial charge is 0.472 e. The molecule has 1 aliphatic rings. The summed E-state index contributed by atoms with van der Waals surface area (Å²) in [5.41, 5.74) is 3.86. The number of nitrogens with zero attached hydrogens (tertiary/aromatic N) is 3. The van der Waals surface area contributed by atoms with E-state index in [1.807, 2.05) is 63.2 Å². The summed E-state index contributed by atoms with van der Waals surface area (Å²) in [7, 11) is 1.75. The van der Waals surface area contributed by atoms with Gasteiger partial charge in [0.1, 0.15) is 11.7 Å². The summed E-state index contributed by atoms with van der Waals surface area (Å²) in [5.74, 6) is -0.205. The average molecular weight is 488 g/mol. The van der Waals surface area contributed by atoms with Crippen molar-refractivity contribution in [1.29, 1.82) is 0 Å². The van der Waals surface area contributed by atoms with Crippen LogP contribution in [0.4, 0.5) is 0 Å². The van der Waals surface area contributed by atoms with Crippen LogP contribution in [0.2, 0.25) is 0 Å². The van der Waals surface area contributed by atoms with Crippen molar-refractivity contribution in [1.82, 2.24) is 14.8 Å². The molecule has 0 radical (unpaired) electrons. The van der Waals surface area contributed by atoms with Crippen LogP contribution in [0.5, 0.6) is 5.88 Å². The van der Waals surface area contributed by atoms with Gasteiger partial charge in [0.05, 0.1) is 19.2 Å². The molecule has 3 aromatic rings. The molecule has 0 fully saturated rings. The van der Waals surface area contributed by atoms with Crippen LogP contribution in [0.25, 0.3) is 11.1 Å². The summed E-state index contributed by atoms with van der Waals surface area (Å²) in [4.78, 5) is 34.5. The predicted octanol–water partition coefficient (Wildman–Crippen LogP) is 4.05. The van der Waals surface area contributed by atoms with E-state index in [0.29, 0.717) is 24.2 Å².